The number of carbonyl (C=O) groups excluding carboxylic acids is 1. The van der Waals surface area contributed by atoms with Gasteiger partial charge in [0.1, 0.15) is 0 Å². The highest BCUT2D eigenvalue weighted by molar-refractivity contribution is 5.68. The zero-order valence-electron chi connectivity index (χ0n) is 14.8. The first-order valence-corrected chi connectivity index (χ1v) is 9.48. The van der Waals surface area contributed by atoms with E-state index in [-0.39, 0.29) is 5.97 Å². The van der Waals surface area contributed by atoms with E-state index in [1.54, 1.807) is 0 Å². The highest BCUT2D eigenvalue weighted by atomic mass is 16.5. The standard InChI is InChI=1S/C19H36O3/c1-3-4-9-12-17-15-16-18(22-17)13-10-7-5-6-8-11-14-19(20)21-2/h17-18H,3-16H2,1-2H3/t17-,18-/m0/s1. The number of carbonyl (C=O) groups is 1. The fourth-order valence-electron chi connectivity index (χ4n) is 3.28. The minimum Gasteiger partial charge on any atom is -0.469 e. The van der Waals surface area contributed by atoms with Crippen molar-refractivity contribution >= 4 is 5.97 Å². The average molecular weight is 312 g/mol. The predicted molar refractivity (Wildman–Crippen MR) is 91.0 cm³/mol. The number of rotatable bonds is 13. The van der Waals surface area contributed by atoms with Crippen LogP contribution >= 0.6 is 0 Å². The normalized spacial score (nSPS) is 21.2. The zero-order chi connectivity index (χ0) is 16.0. The molecule has 0 bridgehead atoms. The van der Waals surface area contributed by atoms with Gasteiger partial charge in [0.25, 0.3) is 0 Å². The van der Waals surface area contributed by atoms with Crippen LogP contribution in [0.1, 0.15) is 96.8 Å². The van der Waals surface area contributed by atoms with Crippen LogP contribution in [0, 0.1) is 0 Å². The molecule has 0 saturated carbocycles. The van der Waals surface area contributed by atoms with Crippen molar-refractivity contribution in [1.29, 1.82) is 0 Å². The smallest absolute Gasteiger partial charge is 0.305 e. The Bertz CT molecular complexity index is 278. The molecule has 22 heavy (non-hydrogen) atoms. The van der Waals surface area contributed by atoms with Gasteiger partial charge in [-0.3, -0.25) is 4.79 Å². The molecular weight excluding hydrogens is 276 g/mol. The van der Waals surface area contributed by atoms with E-state index < -0.39 is 0 Å². The molecule has 0 aliphatic carbocycles. The van der Waals surface area contributed by atoms with Crippen molar-refractivity contribution in [1.82, 2.24) is 0 Å². The summed E-state index contributed by atoms with van der Waals surface area (Å²) in [5, 5.41) is 0. The van der Waals surface area contributed by atoms with Gasteiger partial charge < -0.3 is 9.47 Å². The first kappa shape index (κ1) is 19.5. The van der Waals surface area contributed by atoms with Crippen LogP contribution in [0.2, 0.25) is 0 Å². The van der Waals surface area contributed by atoms with Crippen molar-refractivity contribution in [3.05, 3.63) is 0 Å². The summed E-state index contributed by atoms with van der Waals surface area (Å²) in [5.41, 5.74) is 0. The molecule has 2 atom stereocenters. The number of methoxy groups -OCH3 is 1. The van der Waals surface area contributed by atoms with Crippen molar-refractivity contribution in [3.8, 4) is 0 Å². The molecular formula is C19H36O3. The summed E-state index contributed by atoms with van der Waals surface area (Å²) in [4.78, 5) is 11.0. The van der Waals surface area contributed by atoms with Crippen LogP contribution in [-0.2, 0) is 14.3 Å². The molecule has 130 valence electrons. The molecule has 0 spiro atoms. The minimum absolute atomic E-state index is 0.0770. The van der Waals surface area contributed by atoms with Crippen LogP contribution in [-0.4, -0.2) is 25.3 Å². The number of unbranched alkanes of at least 4 members (excludes halogenated alkanes) is 7. The van der Waals surface area contributed by atoms with Gasteiger partial charge >= 0.3 is 5.97 Å². The number of hydrogen-bond acceptors (Lipinski definition) is 3. The second kappa shape index (κ2) is 12.9. The molecule has 0 amide bonds. The van der Waals surface area contributed by atoms with Crippen molar-refractivity contribution in [2.24, 2.45) is 0 Å². The molecule has 1 heterocycles. The van der Waals surface area contributed by atoms with E-state index in [1.807, 2.05) is 0 Å². The Balaban J connectivity index is 1.86. The maximum absolute atomic E-state index is 11.0. The molecule has 0 aromatic carbocycles. The van der Waals surface area contributed by atoms with Gasteiger partial charge in [0, 0.05) is 6.42 Å². The summed E-state index contributed by atoms with van der Waals surface area (Å²) in [5.74, 6) is -0.0770. The van der Waals surface area contributed by atoms with Crippen molar-refractivity contribution in [2.45, 2.75) is 109 Å². The van der Waals surface area contributed by atoms with E-state index in [0.717, 1.165) is 12.8 Å². The van der Waals surface area contributed by atoms with Crippen LogP contribution in [0.5, 0.6) is 0 Å². The molecule has 0 aromatic heterocycles. The second-order valence-electron chi connectivity index (χ2n) is 6.69. The Morgan fingerprint density at radius 1 is 0.909 bits per heavy atom. The van der Waals surface area contributed by atoms with E-state index in [2.05, 4.69) is 11.7 Å². The molecule has 1 aliphatic rings. The SMILES string of the molecule is CCCCC[C@H]1CC[C@H](CCCCCCCCC(=O)OC)O1. The summed E-state index contributed by atoms with van der Waals surface area (Å²) in [6, 6.07) is 0. The van der Waals surface area contributed by atoms with Crippen LogP contribution in [0.3, 0.4) is 0 Å². The lowest BCUT2D eigenvalue weighted by molar-refractivity contribution is -0.140. The monoisotopic (exact) mass is 312 g/mol. The van der Waals surface area contributed by atoms with Crippen LogP contribution in [0.15, 0.2) is 0 Å². The van der Waals surface area contributed by atoms with E-state index in [9.17, 15) is 4.79 Å². The van der Waals surface area contributed by atoms with E-state index in [0.29, 0.717) is 18.6 Å². The number of ether oxygens (including phenoxy) is 2. The maximum Gasteiger partial charge on any atom is 0.305 e. The second-order valence-corrected chi connectivity index (χ2v) is 6.69. The third kappa shape index (κ3) is 9.45. The van der Waals surface area contributed by atoms with Gasteiger partial charge in [-0.15, -0.1) is 0 Å². The molecule has 0 N–H and O–H groups in total. The quantitative estimate of drug-likeness (QED) is 0.337. The Hall–Kier alpha value is -0.570. The van der Waals surface area contributed by atoms with E-state index in [4.69, 9.17) is 4.74 Å². The summed E-state index contributed by atoms with van der Waals surface area (Å²) < 4.78 is 10.8. The summed E-state index contributed by atoms with van der Waals surface area (Å²) in [7, 11) is 1.46. The fraction of sp³-hybridized carbons (Fsp3) is 0.947. The van der Waals surface area contributed by atoms with Crippen molar-refractivity contribution in [2.75, 3.05) is 7.11 Å². The Labute approximate surface area is 137 Å². The Morgan fingerprint density at radius 2 is 1.45 bits per heavy atom. The number of hydrogen-bond donors (Lipinski definition) is 0. The van der Waals surface area contributed by atoms with Crippen molar-refractivity contribution < 1.29 is 14.3 Å². The summed E-state index contributed by atoms with van der Waals surface area (Å²) in [6.07, 6.45) is 17.9. The molecule has 3 nitrogen and oxygen atoms in total. The van der Waals surface area contributed by atoms with Gasteiger partial charge in [0.2, 0.25) is 0 Å². The maximum atomic E-state index is 11.0. The summed E-state index contributed by atoms with van der Waals surface area (Å²) >= 11 is 0. The molecule has 1 aliphatic heterocycles. The minimum atomic E-state index is -0.0770. The highest BCUT2D eigenvalue weighted by Crippen LogP contribution is 2.27. The first-order chi connectivity index (χ1) is 10.8. The van der Waals surface area contributed by atoms with Gasteiger partial charge in [-0.1, -0.05) is 58.3 Å². The molecule has 1 rings (SSSR count). The molecule has 1 saturated heterocycles. The lowest BCUT2D eigenvalue weighted by Crippen LogP contribution is -2.10. The molecule has 1 fully saturated rings. The molecule has 0 radical (unpaired) electrons. The van der Waals surface area contributed by atoms with Crippen LogP contribution in [0.4, 0.5) is 0 Å². The predicted octanol–water partition coefficient (Wildman–Crippen LogP) is 5.41. The van der Waals surface area contributed by atoms with Gasteiger partial charge in [-0.25, -0.2) is 0 Å². The van der Waals surface area contributed by atoms with E-state index >= 15 is 0 Å². The Morgan fingerprint density at radius 3 is 2.05 bits per heavy atom. The zero-order valence-corrected chi connectivity index (χ0v) is 14.8. The van der Waals surface area contributed by atoms with Gasteiger partial charge in [-0.2, -0.15) is 0 Å². The fourth-order valence-corrected chi connectivity index (χ4v) is 3.28. The lowest BCUT2D eigenvalue weighted by atomic mass is 10.0. The molecule has 3 heteroatoms. The van der Waals surface area contributed by atoms with E-state index in [1.165, 1.54) is 77.7 Å². The number of esters is 1. The largest absolute Gasteiger partial charge is 0.469 e. The Kier molecular flexibility index (Phi) is 11.4. The topological polar surface area (TPSA) is 35.5 Å². The lowest BCUT2D eigenvalue weighted by Gasteiger charge is -2.13. The van der Waals surface area contributed by atoms with Gasteiger partial charge in [0.05, 0.1) is 19.3 Å². The first-order valence-electron chi connectivity index (χ1n) is 9.48. The van der Waals surface area contributed by atoms with Gasteiger partial charge in [0.15, 0.2) is 0 Å². The third-order valence-electron chi connectivity index (χ3n) is 4.71. The third-order valence-corrected chi connectivity index (χ3v) is 4.71. The summed E-state index contributed by atoms with van der Waals surface area (Å²) in [6.45, 7) is 2.26. The molecule has 0 aromatic rings. The highest BCUT2D eigenvalue weighted by Gasteiger charge is 2.23. The average Bonchev–Trinajstić information content (AvgIpc) is 2.97. The molecule has 0 unspecified atom stereocenters. The van der Waals surface area contributed by atoms with Crippen LogP contribution in [0.25, 0.3) is 0 Å². The van der Waals surface area contributed by atoms with Crippen LogP contribution < -0.4 is 0 Å². The van der Waals surface area contributed by atoms with Gasteiger partial charge in [-0.05, 0) is 32.1 Å². The van der Waals surface area contributed by atoms with Crippen molar-refractivity contribution in [3.63, 3.8) is 0 Å².